The van der Waals surface area contributed by atoms with Crippen molar-refractivity contribution in [1.82, 2.24) is 24.8 Å². The molecular formula is C45H73N5O8S. The van der Waals surface area contributed by atoms with Gasteiger partial charge in [-0.25, -0.2) is 18.7 Å². The molecule has 0 aliphatic carbocycles. The molecule has 3 atom stereocenters. The molecule has 2 aliphatic heterocycles. The third kappa shape index (κ3) is 24.3. The second kappa shape index (κ2) is 31.5. The molecular weight excluding hydrogens is 771 g/mol. The summed E-state index contributed by atoms with van der Waals surface area (Å²) in [5.74, 6) is 0.698. The number of carbonyl (C=O) groups excluding carboxylic acids is 3. The van der Waals surface area contributed by atoms with Crippen LogP contribution in [0.25, 0.3) is 11.1 Å². The second-order valence-corrected chi connectivity index (χ2v) is 15.8. The number of aliphatic hydroxyl groups excluding tert-OH is 2. The molecule has 2 saturated heterocycles. The number of amides is 3. The topological polar surface area (TPSA) is 175 Å². The number of hydrogen-bond acceptors (Lipinski definition) is 9. The molecule has 3 heterocycles. The van der Waals surface area contributed by atoms with Crippen LogP contribution in [0.2, 0.25) is 0 Å². The minimum Gasteiger partial charge on any atom is -0.444 e. The van der Waals surface area contributed by atoms with Gasteiger partial charge in [0.05, 0.1) is 24.1 Å². The molecule has 14 heteroatoms. The summed E-state index contributed by atoms with van der Waals surface area (Å²) in [6, 6.07) is 17.0. The summed E-state index contributed by atoms with van der Waals surface area (Å²) in [5, 5.41) is 21.1. The SMILES string of the molecule is C=C/C=C(\C)CO.CC.CCC1CCN(C(=O)OC(C)(C)C)CC1.CCNS(C)=O.Cc1ccccc1.O=CN1CCCC1C(=O)NCC(O)c1nc2ccccc2o1. The number of benzene rings is 2. The lowest BCUT2D eigenvalue weighted by Gasteiger charge is -2.33. The molecule has 4 N–H and O–H groups in total. The zero-order chi connectivity index (χ0) is 44.8. The number of para-hydroxylation sites is 2. The van der Waals surface area contributed by atoms with Crippen LogP contribution in [-0.4, -0.2) is 105 Å². The van der Waals surface area contributed by atoms with Crippen molar-refractivity contribution in [2.75, 3.05) is 45.6 Å². The van der Waals surface area contributed by atoms with Crippen molar-refractivity contribution in [1.29, 1.82) is 0 Å². The van der Waals surface area contributed by atoms with Crippen molar-refractivity contribution in [2.24, 2.45) is 5.92 Å². The Balaban J connectivity index is 0.000000784. The summed E-state index contributed by atoms with van der Waals surface area (Å²) in [4.78, 5) is 42.1. The van der Waals surface area contributed by atoms with Gasteiger partial charge in [0.1, 0.15) is 23.3 Å². The molecule has 2 aliphatic rings. The summed E-state index contributed by atoms with van der Waals surface area (Å²) >= 11 is 0. The number of nitrogens with one attached hydrogen (secondary N) is 2. The van der Waals surface area contributed by atoms with Crippen LogP contribution in [0.1, 0.15) is 105 Å². The van der Waals surface area contributed by atoms with Gasteiger partial charge in [-0.05, 0) is 83.9 Å². The van der Waals surface area contributed by atoms with Gasteiger partial charge in [0.25, 0.3) is 0 Å². The van der Waals surface area contributed by atoms with Gasteiger partial charge in [-0.2, -0.15) is 0 Å². The van der Waals surface area contributed by atoms with Gasteiger partial charge in [-0.1, -0.05) is 101 Å². The largest absolute Gasteiger partial charge is 0.444 e. The van der Waals surface area contributed by atoms with Gasteiger partial charge in [0, 0.05) is 32.4 Å². The molecule has 1 aromatic heterocycles. The number of aryl methyl sites for hydroxylation is 1. The van der Waals surface area contributed by atoms with Crippen molar-refractivity contribution in [2.45, 2.75) is 112 Å². The van der Waals surface area contributed by atoms with Crippen molar-refractivity contribution in [3.05, 3.63) is 90.4 Å². The minimum absolute atomic E-state index is 0.00511. The van der Waals surface area contributed by atoms with Gasteiger partial charge in [0.15, 0.2) is 5.58 Å². The molecule has 0 saturated carbocycles. The Labute approximate surface area is 356 Å². The molecule has 3 aromatic rings. The number of rotatable bonds is 10. The van der Waals surface area contributed by atoms with Crippen LogP contribution in [0.4, 0.5) is 4.79 Å². The van der Waals surface area contributed by atoms with Crippen LogP contribution < -0.4 is 10.0 Å². The van der Waals surface area contributed by atoms with E-state index in [1.54, 1.807) is 30.5 Å². The quantitative estimate of drug-likeness (QED) is 0.118. The van der Waals surface area contributed by atoms with E-state index >= 15 is 0 Å². The summed E-state index contributed by atoms with van der Waals surface area (Å²) in [6.07, 6.45) is 9.48. The predicted molar refractivity (Wildman–Crippen MR) is 240 cm³/mol. The van der Waals surface area contributed by atoms with E-state index in [0.29, 0.717) is 30.5 Å². The molecule has 3 amide bonds. The average Bonchev–Trinajstić information content (AvgIpc) is 3.89. The first kappa shape index (κ1) is 54.6. The van der Waals surface area contributed by atoms with Crippen LogP contribution in [0.5, 0.6) is 0 Å². The molecule has 13 nitrogen and oxygen atoms in total. The van der Waals surface area contributed by atoms with E-state index in [4.69, 9.17) is 14.3 Å². The normalized spacial score (nSPS) is 16.0. The van der Waals surface area contributed by atoms with Gasteiger partial charge in [-0.3, -0.25) is 9.59 Å². The molecule has 5 rings (SSSR count). The number of fused-ring (bicyclic) bond motifs is 1. The second-order valence-electron chi connectivity index (χ2n) is 14.6. The lowest BCUT2D eigenvalue weighted by atomic mass is 9.95. The van der Waals surface area contributed by atoms with Gasteiger partial charge >= 0.3 is 6.09 Å². The Morgan fingerprint density at radius 3 is 2.10 bits per heavy atom. The first-order chi connectivity index (χ1) is 28.1. The fourth-order valence-electron chi connectivity index (χ4n) is 5.47. The minimum atomic E-state index is -1.03. The average molecular weight is 844 g/mol. The van der Waals surface area contributed by atoms with Crippen LogP contribution in [0.3, 0.4) is 0 Å². The fourth-order valence-corrected chi connectivity index (χ4v) is 5.88. The number of carbonyl (C=O) groups is 3. The first-order valence-corrected chi connectivity index (χ1v) is 22.1. The third-order valence-corrected chi connectivity index (χ3v) is 9.28. The van der Waals surface area contributed by atoms with Crippen molar-refractivity contribution < 1.29 is 38.0 Å². The number of piperidine rings is 1. The number of aromatic nitrogens is 1. The van der Waals surface area contributed by atoms with E-state index in [0.717, 1.165) is 50.4 Å². The molecule has 0 bridgehead atoms. The third-order valence-electron chi connectivity index (χ3n) is 8.58. The highest BCUT2D eigenvalue weighted by molar-refractivity contribution is 7.82. The molecule has 59 heavy (non-hydrogen) atoms. The highest BCUT2D eigenvalue weighted by atomic mass is 32.2. The standard InChI is InChI=1S/C15H17N3O4.C12H23NO2.C7H8.C6H10O.C3H9NOS.C2H6/c19-9-18-7-3-5-11(18)14(21)16-8-12(20)15-17-10-4-1-2-6-13(10)22-15;1-5-10-6-8-13(9-7-10)11(14)15-12(2,3)4;1-7-5-3-2-4-6-7;1-3-4-6(2)5-7;1-3-4-6(2)5;1-2/h1-2,4,6,9,11-12,20H,3,5,7-8H2,(H,16,21);10H,5-9H2,1-4H3;2-6H,1H3;3-4,7H,1,5H2,2H3;4H,3H2,1-2H3;1-2H3/b;;;6-4+;;. The number of allylic oxidation sites excluding steroid dienone is 2. The zero-order valence-electron chi connectivity index (χ0n) is 37.2. The molecule has 2 aromatic carbocycles. The van der Waals surface area contributed by atoms with Gasteiger partial charge in [-0.15, -0.1) is 0 Å². The maximum atomic E-state index is 12.0. The molecule has 2 fully saturated rings. The predicted octanol–water partition coefficient (Wildman–Crippen LogP) is 7.66. The van der Waals surface area contributed by atoms with Crippen LogP contribution in [0.15, 0.2) is 83.3 Å². The molecule has 332 valence electrons. The van der Waals surface area contributed by atoms with Crippen molar-refractivity contribution >= 4 is 40.5 Å². The Kier molecular flexibility index (Phi) is 29.2. The van der Waals surface area contributed by atoms with Crippen molar-refractivity contribution in [3.63, 3.8) is 0 Å². The molecule has 3 unspecified atom stereocenters. The number of aliphatic hydroxyl groups is 2. The molecule has 0 spiro atoms. The van der Waals surface area contributed by atoms with E-state index < -0.39 is 23.1 Å². The highest BCUT2D eigenvalue weighted by Gasteiger charge is 2.30. The number of ether oxygens (including phenoxy) is 1. The van der Waals surface area contributed by atoms with Crippen LogP contribution in [-0.2, 0) is 25.3 Å². The summed E-state index contributed by atoms with van der Waals surface area (Å²) < 4.78 is 23.5. The maximum Gasteiger partial charge on any atom is 0.410 e. The lowest BCUT2D eigenvalue weighted by Crippen LogP contribution is -2.43. The van der Waals surface area contributed by atoms with Crippen LogP contribution in [0, 0.1) is 12.8 Å². The monoisotopic (exact) mass is 844 g/mol. The molecule has 0 radical (unpaired) electrons. The fraction of sp³-hybridized carbons (Fsp3) is 0.556. The van der Waals surface area contributed by atoms with E-state index in [1.165, 1.54) is 16.9 Å². The first-order valence-electron chi connectivity index (χ1n) is 20.6. The smallest absolute Gasteiger partial charge is 0.410 e. The number of oxazole rings is 1. The van der Waals surface area contributed by atoms with E-state index in [9.17, 15) is 23.7 Å². The van der Waals surface area contributed by atoms with E-state index in [2.05, 4.69) is 47.6 Å². The van der Waals surface area contributed by atoms with Gasteiger partial charge in [0.2, 0.25) is 18.2 Å². The van der Waals surface area contributed by atoms with E-state index in [-0.39, 0.29) is 36.6 Å². The number of nitrogens with zero attached hydrogens (tertiary/aromatic N) is 3. The number of hydrogen-bond donors (Lipinski definition) is 4. The zero-order valence-corrected chi connectivity index (χ0v) is 38.1. The van der Waals surface area contributed by atoms with Crippen molar-refractivity contribution in [3.8, 4) is 0 Å². The van der Waals surface area contributed by atoms with Crippen LogP contribution >= 0.6 is 0 Å². The summed E-state index contributed by atoms with van der Waals surface area (Å²) in [7, 11) is -0.816. The Bertz CT molecular complexity index is 1620. The summed E-state index contributed by atoms with van der Waals surface area (Å²) in [6.45, 7) is 24.5. The van der Waals surface area contributed by atoms with E-state index in [1.807, 2.05) is 83.7 Å². The Morgan fingerprint density at radius 1 is 1.05 bits per heavy atom. The Morgan fingerprint density at radius 2 is 1.66 bits per heavy atom. The highest BCUT2D eigenvalue weighted by Crippen LogP contribution is 2.22. The Hall–Kier alpha value is -4.37. The number of likely N-dealkylation sites (tertiary alicyclic amines) is 2. The lowest BCUT2D eigenvalue weighted by molar-refractivity contribution is -0.131. The maximum absolute atomic E-state index is 12.0. The summed E-state index contributed by atoms with van der Waals surface area (Å²) in [5.41, 5.74) is 3.13. The van der Waals surface area contributed by atoms with Gasteiger partial charge < -0.3 is 34.5 Å².